The van der Waals surface area contributed by atoms with Gasteiger partial charge in [-0.15, -0.1) is 12.4 Å². The number of nitrogens with one attached hydrogen (secondary N) is 1. The maximum Gasteiger partial charge on any atom is 0.259 e. The van der Waals surface area contributed by atoms with Crippen LogP contribution in [-0.2, 0) is 0 Å². The second-order valence-corrected chi connectivity index (χ2v) is 6.75. The van der Waals surface area contributed by atoms with E-state index in [9.17, 15) is 4.79 Å². The Morgan fingerprint density at radius 2 is 2.04 bits per heavy atom. The molecule has 1 fully saturated rings. The van der Waals surface area contributed by atoms with Crippen LogP contribution in [0.5, 0.6) is 0 Å². The Kier molecular flexibility index (Phi) is 6.74. The average Bonchev–Trinajstić information content (AvgIpc) is 2.95. The molecule has 2 heterocycles. The van der Waals surface area contributed by atoms with Crippen molar-refractivity contribution >= 4 is 41.5 Å². The number of halogens is 3. The minimum absolute atomic E-state index is 0. The monoisotopic (exact) mass is 403 g/mol. The molecule has 1 aromatic heterocycles. The molecule has 0 spiro atoms. The van der Waals surface area contributed by atoms with Crippen LogP contribution < -0.4 is 5.32 Å². The van der Waals surface area contributed by atoms with E-state index >= 15 is 0 Å². The van der Waals surface area contributed by atoms with Gasteiger partial charge in [-0.2, -0.15) is 0 Å². The molecule has 1 aromatic carbocycles. The highest BCUT2D eigenvalue weighted by atomic mass is 35.5. The summed E-state index contributed by atoms with van der Waals surface area (Å²) in [6.07, 6.45) is 2.02. The first-order valence-electron chi connectivity index (χ1n) is 7.90. The molecule has 136 valence electrons. The summed E-state index contributed by atoms with van der Waals surface area (Å²) in [5, 5.41) is 8.18. The third-order valence-electron chi connectivity index (χ3n) is 4.39. The number of nitrogens with zero attached hydrogens (tertiary/aromatic N) is 2. The van der Waals surface area contributed by atoms with E-state index in [0.29, 0.717) is 45.2 Å². The van der Waals surface area contributed by atoms with Crippen molar-refractivity contribution < 1.29 is 9.32 Å². The van der Waals surface area contributed by atoms with E-state index in [1.54, 1.807) is 25.1 Å². The van der Waals surface area contributed by atoms with Crippen molar-refractivity contribution in [3.8, 4) is 11.3 Å². The molecule has 1 aliphatic heterocycles. The number of likely N-dealkylation sites (tertiary alicyclic amines) is 1. The Balaban J connectivity index is 0.00000225. The van der Waals surface area contributed by atoms with Gasteiger partial charge >= 0.3 is 0 Å². The third-order valence-corrected chi connectivity index (χ3v) is 5.02. The van der Waals surface area contributed by atoms with Crippen molar-refractivity contribution in [2.24, 2.45) is 0 Å². The van der Waals surface area contributed by atoms with Crippen molar-refractivity contribution in [3.63, 3.8) is 0 Å². The van der Waals surface area contributed by atoms with E-state index < -0.39 is 0 Å². The summed E-state index contributed by atoms with van der Waals surface area (Å²) < 4.78 is 5.29. The highest BCUT2D eigenvalue weighted by Crippen LogP contribution is 2.37. The summed E-state index contributed by atoms with van der Waals surface area (Å²) in [5.41, 5.74) is 1.37. The molecule has 1 atom stereocenters. The molecule has 1 aliphatic rings. The summed E-state index contributed by atoms with van der Waals surface area (Å²) in [4.78, 5) is 14.9. The minimum Gasteiger partial charge on any atom is -0.360 e. The van der Waals surface area contributed by atoms with Gasteiger partial charge in [0.15, 0.2) is 0 Å². The molecule has 0 bridgehead atoms. The number of piperidine rings is 1. The van der Waals surface area contributed by atoms with Gasteiger partial charge in [0, 0.05) is 24.7 Å². The number of carbonyl (C=O) groups excluding carboxylic acids is 1. The van der Waals surface area contributed by atoms with E-state index in [-0.39, 0.29) is 18.3 Å². The van der Waals surface area contributed by atoms with Crippen LogP contribution in [0, 0.1) is 6.92 Å². The molecule has 0 radical (unpaired) electrons. The summed E-state index contributed by atoms with van der Waals surface area (Å²) in [6.45, 7) is 3.11. The Bertz CT molecular complexity index is 743. The van der Waals surface area contributed by atoms with Gasteiger partial charge in [0.05, 0.1) is 10.0 Å². The largest absolute Gasteiger partial charge is 0.360 e. The second kappa shape index (κ2) is 8.41. The lowest BCUT2D eigenvalue weighted by molar-refractivity contribution is 0.0697. The molecule has 8 heteroatoms. The fourth-order valence-corrected chi connectivity index (χ4v) is 3.65. The molecular weight excluding hydrogens is 385 g/mol. The molecule has 25 heavy (non-hydrogen) atoms. The lowest BCUT2D eigenvalue weighted by Crippen LogP contribution is -2.47. The van der Waals surface area contributed by atoms with Gasteiger partial charge in [0.25, 0.3) is 5.91 Å². The van der Waals surface area contributed by atoms with Gasteiger partial charge in [-0.25, -0.2) is 0 Å². The fraction of sp³-hybridized carbons (Fsp3) is 0.412. The average molecular weight is 405 g/mol. The van der Waals surface area contributed by atoms with Crippen LogP contribution in [0.15, 0.2) is 22.7 Å². The number of rotatable bonds is 3. The zero-order valence-corrected chi connectivity index (χ0v) is 16.3. The molecular formula is C17H20Cl3N3O2. The van der Waals surface area contributed by atoms with Gasteiger partial charge in [-0.1, -0.05) is 34.4 Å². The Labute approximate surface area is 163 Å². The number of likely N-dealkylation sites (N-methyl/N-ethyl adjacent to an activating group) is 1. The van der Waals surface area contributed by atoms with E-state index in [1.165, 1.54) is 0 Å². The molecule has 0 saturated carbocycles. The first kappa shape index (κ1) is 20.0. The SMILES string of the molecule is CNC1CCCN(C(=O)c2c(-c3c(Cl)cccc3Cl)noc2C)C1.Cl. The topological polar surface area (TPSA) is 58.4 Å². The van der Waals surface area contributed by atoms with Gasteiger partial charge in [-0.05, 0) is 38.9 Å². The van der Waals surface area contributed by atoms with Crippen LogP contribution in [0.4, 0.5) is 0 Å². The molecule has 5 nitrogen and oxygen atoms in total. The normalized spacial score (nSPS) is 17.3. The Morgan fingerprint density at radius 1 is 1.36 bits per heavy atom. The Morgan fingerprint density at radius 3 is 2.68 bits per heavy atom. The van der Waals surface area contributed by atoms with E-state index in [4.69, 9.17) is 27.7 Å². The summed E-state index contributed by atoms with van der Waals surface area (Å²) in [5.74, 6) is 0.372. The standard InChI is InChI=1S/C17H19Cl2N3O2.ClH/c1-10-14(17(23)22-8-4-5-11(9-22)20-2)16(21-24-10)15-12(18)6-3-7-13(15)19;/h3,6-7,11,20H,4-5,8-9H2,1-2H3;1H. The van der Waals surface area contributed by atoms with Crippen LogP contribution in [0.3, 0.4) is 0 Å². The van der Waals surface area contributed by atoms with E-state index in [0.717, 1.165) is 19.4 Å². The van der Waals surface area contributed by atoms with Crippen LogP contribution >= 0.6 is 35.6 Å². The van der Waals surface area contributed by atoms with Crippen LogP contribution in [-0.4, -0.2) is 42.1 Å². The predicted molar refractivity (Wildman–Crippen MR) is 102 cm³/mol. The molecule has 3 rings (SSSR count). The molecule has 1 unspecified atom stereocenters. The smallest absolute Gasteiger partial charge is 0.259 e. The number of carbonyl (C=O) groups is 1. The van der Waals surface area contributed by atoms with Gasteiger partial charge < -0.3 is 14.7 Å². The number of aryl methyl sites for hydroxylation is 1. The third kappa shape index (κ3) is 3.95. The molecule has 1 saturated heterocycles. The van der Waals surface area contributed by atoms with Crippen molar-refractivity contribution in [2.75, 3.05) is 20.1 Å². The van der Waals surface area contributed by atoms with Crippen molar-refractivity contribution in [2.45, 2.75) is 25.8 Å². The number of amides is 1. The van der Waals surface area contributed by atoms with Crippen LogP contribution in [0.25, 0.3) is 11.3 Å². The highest BCUT2D eigenvalue weighted by Gasteiger charge is 2.30. The molecule has 1 N–H and O–H groups in total. The van der Waals surface area contributed by atoms with Crippen LogP contribution in [0.2, 0.25) is 10.0 Å². The van der Waals surface area contributed by atoms with Gasteiger partial charge in [0.1, 0.15) is 17.0 Å². The van der Waals surface area contributed by atoms with Gasteiger partial charge in [-0.3, -0.25) is 4.79 Å². The number of aromatic nitrogens is 1. The highest BCUT2D eigenvalue weighted by molar-refractivity contribution is 6.39. The maximum absolute atomic E-state index is 13.1. The molecule has 1 amide bonds. The first-order chi connectivity index (χ1) is 11.5. The number of benzene rings is 1. The summed E-state index contributed by atoms with van der Waals surface area (Å²) in [6, 6.07) is 5.50. The fourth-order valence-electron chi connectivity index (χ4n) is 3.07. The molecule has 0 aliphatic carbocycles. The van der Waals surface area contributed by atoms with E-state index in [1.807, 2.05) is 11.9 Å². The predicted octanol–water partition coefficient (Wildman–Crippen LogP) is 4.20. The number of hydrogen-bond acceptors (Lipinski definition) is 4. The van der Waals surface area contributed by atoms with Crippen molar-refractivity contribution in [1.82, 2.24) is 15.4 Å². The lowest BCUT2D eigenvalue weighted by Gasteiger charge is -2.32. The zero-order chi connectivity index (χ0) is 17.3. The second-order valence-electron chi connectivity index (χ2n) is 5.94. The van der Waals surface area contributed by atoms with Crippen molar-refractivity contribution in [3.05, 3.63) is 39.6 Å². The minimum atomic E-state index is -0.0975. The Hall–Kier alpha value is -1.27. The first-order valence-corrected chi connectivity index (χ1v) is 8.65. The lowest BCUT2D eigenvalue weighted by atomic mass is 10.0. The summed E-state index contributed by atoms with van der Waals surface area (Å²) in [7, 11) is 1.91. The van der Waals surface area contributed by atoms with Crippen LogP contribution in [0.1, 0.15) is 29.0 Å². The van der Waals surface area contributed by atoms with E-state index in [2.05, 4.69) is 10.5 Å². The number of hydrogen-bond donors (Lipinski definition) is 1. The summed E-state index contributed by atoms with van der Waals surface area (Å²) >= 11 is 12.6. The molecule has 2 aromatic rings. The zero-order valence-electron chi connectivity index (χ0n) is 14.0. The quantitative estimate of drug-likeness (QED) is 0.833. The van der Waals surface area contributed by atoms with Crippen molar-refractivity contribution in [1.29, 1.82) is 0 Å². The van der Waals surface area contributed by atoms with Gasteiger partial charge in [0.2, 0.25) is 0 Å². The maximum atomic E-state index is 13.1.